The van der Waals surface area contributed by atoms with Gasteiger partial charge in [-0.1, -0.05) is 86.1 Å². The zero-order valence-corrected chi connectivity index (χ0v) is 27.0. The summed E-state index contributed by atoms with van der Waals surface area (Å²) in [6.45, 7) is 7.41. The summed E-state index contributed by atoms with van der Waals surface area (Å²) >= 11 is 0. The number of nitrogens with zero attached hydrogens (tertiary/aromatic N) is 2. The van der Waals surface area contributed by atoms with Crippen molar-refractivity contribution >= 4 is 17.6 Å². The van der Waals surface area contributed by atoms with E-state index in [0.29, 0.717) is 12.3 Å². The van der Waals surface area contributed by atoms with Crippen LogP contribution in [0, 0.1) is 22.0 Å². The number of carbonyl (C=O) groups is 2. The van der Waals surface area contributed by atoms with Crippen LogP contribution in [0.5, 0.6) is 0 Å². The molecule has 47 heavy (non-hydrogen) atoms. The molecule has 3 aromatic rings. The van der Waals surface area contributed by atoms with Crippen LogP contribution in [-0.2, 0) is 14.3 Å². The summed E-state index contributed by atoms with van der Waals surface area (Å²) in [4.78, 5) is 39.7. The number of esters is 1. The van der Waals surface area contributed by atoms with Gasteiger partial charge >= 0.3 is 11.9 Å². The van der Waals surface area contributed by atoms with Crippen LogP contribution in [0.3, 0.4) is 0 Å². The zero-order valence-electron chi connectivity index (χ0n) is 27.0. The molecule has 0 amide bonds. The van der Waals surface area contributed by atoms with Gasteiger partial charge in [-0.15, -0.1) is 0 Å². The molecule has 10 nitrogen and oxygen atoms in total. The fourth-order valence-electron chi connectivity index (χ4n) is 7.25. The molecular formula is C37H42N4O6. The van der Waals surface area contributed by atoms with Crippen LogP contribution in [0.2, 0.25) is 0 Å². The number of non-ortho nitro benzene ring substituents is 1. The number of benzene rings is 3. The van der Waals surface area contributed by atoms with Crippen molar-refractivity contribution in [2.45, 2.75) is 58.1 Å². The van der Waals surface area contributed by atoms with Crippen molar-refractivity contribution < 1.29 is 24.4 Å². The Morgan fingerprint density at radius 3 is 2.26 bits per heavy atom. The third kappa shape index (κ3) is 7.38. The van der Waals surface area contributed by atoms with E-state index in [1.54, 1.807) is 13.0 Å². The second-order valence-electron chi connectivity index (χ2n) is 12.5. The molecule has 0 aromatic heterocycles. The third-order valence-corrected chi connectivity index (χ3v) is 9.44. The predicted octanol–water partition coefficient (Wildman–Crippen LogP) is 6.27. The Hall–Kier alpha value is -4.96. The number of hydrogen-bond acceptors (Lipinski definition) is 8. The van der Waals surface area contributed by atoms with Crippen molar-refractivity contribution in [2.75, 3.05) is 13.1 Å². The van der Waals surface area contributed by atoms with Gasteiger partial charge in [0.1, 0.15) is 5.82 Å². The zero-order chi connectivity index (χ0) is 33.7. The van der Waals surface area contributed by atoms with Gasteiger partial charge in [-0.25, -0.2) is 9.59 Å². The van der Waals surface area contributed by atoms with Gasteiger partial charge in [0.25, 0.3) is 5.69 Å². The highest BCUT2D eigenvalue weighted by Crippen LogP contribution is 2.40. The molecule has 1 saturated heterocycles. The molecule has 10 heteroatoms. The SMILES string of the molecule is CCC(CC(C)OC(=O)C1=C(N)NC(C)=C(C(=O)O)C1c1cccc([N+](=O)[O-])c1)C1CCN(C(c2ccccc2)c2ccccc2)C1. The van der Waals surface area contributed by atoms with Crippen LogP contribution in [0.15, 0.2) is 108 Å². The van der Waals surface area contributed by atoms with Crippen molar-refractivity contribution in [2.24, 2.45) is 17.6 Å². The fraction of sp³-hybridized carbons (Fsp3) is 0.351. The van der Waals surface area contributed by atoms with E-state index in [-0.39, 0.29) is 45.9 Å². The molecule has 0 aliphatic carbocycles. The topological polar surface area (TPSA) is 148 Å². The van der Waals surface area contributed by atoms with E-state index in [9.17, 15) is 24.8 Å². The minimum atomic E-state index is -1.27. The summed E-state index contributed by atoms with van der Waals surface area (Å²) in [5, 5.41) is 24.4. The number of carbonyl (C=O) groups excluding carboxylic acids is 1. The van der Waals surface area contributed by atoms with Crippen molar-refractivity contribution in [1.29, 1.82) is 0 Å². The lowest BCUT2D eigenvalue weighted by atomic mass is 9.81. The first kappa shape index (κ1) is 33.4. The lowest BCUT2D eigenvalue weighted by Gasteiger charge is -2.31. The summed E-state index contributed by atoms with van der Waals surface area (Å²) < 4.78 is 5.98. The van der Waals surface area contributed by atoms with Crippen molar-refractivity contribution in [3.8, 4) is 0 Å². The smallest absolute Gasteiger partial charge is 0.338 e. The Morgan fingerprint density at radius 2 is 1.68 bits per heavy atom. The molecule has 2 aliphatic rings. The van der Waals surface area contributed by atoms with Gasteiger partial charge in [-0.2, -0.15) is 0 Å². The van der Waals surface area contributed by atoms with E-state index < -0.39 is 28.9 Å². The molecule has 2 aliphatic heterocycles. The first-order chi connectivity index (χ1) is 22.6. The lowest BCUT2D eigenvalue weighted by molar-refractivity contribution is -0.384. The van der Waals surface area contributed by atoms with Crippen LogP contribution in [0.4, 0.5) is 5.69 Å². The summed E-state index contributed by atoms with van der Waals surface area (Å²) in [6.07, 6.45) is 2.09. The molecule has 0 saturated carbocycles. The molecule has 0 bridgehead atoms. The monoisotopic (exact) mass is 638 g/mol. The van der Waals surface area contributed by atoms with E-state index in [1.165, 1.54) is 29.3 Å². The molecule has 4 unspecified atom stereocenters. The van der Waals surface area contributed by atoms with Crippen LogP contribution < -0.4 is 11.1 Å². The number of carboxylic acid groups (broad SMARTS) is 1. The minimum absolute atomic E-state index is 0.0347. The minimum Gasteiger partial charge on any atom is -0.478 e. The highest BCUT2D eigenvalue weighted by atomic mass is 16.6. The largest absolute Gasteiger partial charge is 0.478 e. The van der Waals surface area contributed by atoms with E-state index >= 15 is 0 Å². The Labute approximate surface area is 275 Å². The number of nitro benzene ring substituents is 1. The standard InChI is InChI=1S/C37H42N4O6/c1-4-25(29-18-19-40(22-29)34(26-12-7-5-8-13-26)27-14-9-6-10-15-27)20-23(2)47-37(44)33-32(28-16-11-17-30(21-28)41(45)46)31(36(42)43)24(3)39-35(33)38/h5-17,21,23,25,29,32,34,39H,4,18-20,22,38H2,1-3H3,(H,42,43). The number of nitro groups is 1. The van der Waals surface area contributed by atoms with Gasteiger partial charge in [0.15, 0.2) is 0 Å². The van der Waals surface area contributed by atoms with Crippen LogP contribution >= 0.6 is 0 Å². The molecular weight excluding hydrogens is 596 g/mol. The van der Waals surface area contributed by atoms with E-state index in [2.05, 4.69) is 65.7 Å². The maximum Gasteiger partial charge on any atom is 0.338 e. The van der Waals surface area contributed by atoms with Gasteiger partial charge in [0.2, 0.25) is 0 Å². The summed E-state index contributed by atoms with van der Waals surface area (Å²) in [7, 11) is 0. The molecule has 0 spiro atoms. The number of hydrogen-bond donors (Lipinski definition) is 3. The molecule has 0 radical (unpaired) electrons. The van der Waals surface area contributed by atoms with Gasteiger partial charge in [0, 0.05) is 24.4 Å². The van der Waals surface area contributed by atoms with Crippen molar-refractivity contribution in [3.63, 3.8) is 0 Å². The maximum atomic E-state index is 13.8. The Balaban J connectivity index is 1.32. The van der Waals surface area contributed by atoms with Crippen LogP contribution in [0.25, 0.3) is 0 Å². The van der Waals surface area contributed by atoms with E-state index in [0.717, 1.165) is 25.9 Å². The van der Waals surface area contributed by atoms with E-state index in [4.69, 9.17) is 10.5 Å². The fourth-order valence-corrected chi connectivity index (χ4v) is 7.25. The number of ether oxygens (including phenoxy) is 1. The molecule has 4 N–H and O–H groups in total. The molecule has 2 heterocycles. The van der Waals surface area contributed by atoms with Gasteiger partial charge < -0.3 is 20.9 Å². The second-order valence-corrected chi connectivity index (χ2v) is 12.5. The number of nitrogens with one attached hydrogen (secondary N) is 1. The van der Waals surface area contributed by atoms with Crippen molar-refractivity contribution in [1.82, 2.24) is 10.2 Å². The summed E-state index contributed by atoms with van der Waals surface area (Å²) in [5.74, 6) is -2.51. The average molecular weight is 639 g/mol. The first-order valence-corrected chi connectivity index (χ1v) is 16.1. The summed E-state index contributed by atoms with van der Waals surface area (Å²) in [6, 6.07) is 26.8. The number of dihydropyridines is 1. The molecule has 3 aromatic carbocycles. The Morgan fingerprint density at radius 1 is 1.04 bits per heavy atom. The van der Waals surface area contributed by atoms with E-state index in [1.807, 2.05) is 19.1 Å². The highest BCUT2D eigenvalue weighted by Gasteiger charge is 2.40. The molecule has 5 rings (SSSR count). The number of rotatable bonds is 12. The Kier molecular flexibility index (Phi) is 10.4. The second kappa shape index (κ2) is 14.6. The molecule has 1 fully saturated rings. The lowest BCUT2D eigenvalue weighted by Crippen LogP contribution is -2.36. The van der Waals surface area contributed by atoms with Crippen LogP contribution in [0.1, 0.15) is 68.7 Å². The number of aliphatic carboxylic acids is 1. The van der Waals surface area contributed by atoms with Gasteiger partial charge in [-0.05, 0) is 61.8 Å². The number of carboxylic acids is 1. The first-order valence-electron chi connectivity index (χ1n) is 16.1. The third-order valence-electron chi connectivity index (χ3n) is 9.44. The number of allylic oxidation sites excluding steroid dienone is 1. The highest BCUT2D eigenvalue weighted by molar-refractivity contribution is 5.99. The predicted molar refractivity (Wildman–Crippen MR) is 179 cm³/mol. The quantitative estimate of drug-likeness (QED) is 0.119. The number of likely N-dealkylation sites (tertiary alicyclic amines) is 1. The molecule has 4 atom stereocenters. The maximum absolute atomic E-state index is 13.8. The summed E-state index contributed by atoms with van der Waals surface area (Å²) in [5.41, 5.74) is 8.91. The van der Waals surface area contributed by atoms with Crippen LogP contribution in [-0.4, -0.2) is 46.1 Å². The van der Waals surface area contributed by atoms with Crippen molar-refractivity contribution in [3.05, 3.63) is 134 Å². The Bertz CT molecular complexity index is 1630. The normalized spacial score (nSPS) is 19.7. The van der Waals surface area contributed by atoms with Gasteiger partial charge in [-0.3, -0.25) is 15.0 Å². The molecule has 246 valence electrons. The average Bonchev–Trinajstić information content (AvgIpc) is 3.53. The van der Waals surface area contributed by atoms with Gasteiger partial charge in [0.05, 0.1) is 34.1 Å². The number of nitrogens with two attached hydrogens (primary N) is 1.